The molecule has 0 aliphatic carbocycles. The number of nitrogens with zero attached hydrogens (tertiary/aromatic N) is 1. The van der Waals surface area contributed by atoms with Gasteiger partial charge in [-0.3, -0.25) is 9.59 Å². The van der Waals surface area contributed by atoms with Crippen molar-refractivity contribution in [2.45, 2.75) is 44.7 Å². The van der Waals surface area contributed by atoms with Gasteiger partial charge in [0.1, 0.15) is 6.54 Å². The molecule has 0 fully saturated rings. The summed E-state index contributed by atoms with van der Waals surface area (Å²) in [7, 11) is -3.66. The van der Waals surface area contributed by atoms with Crippen LogP contribution < -0.4 is 4.72 Å². The second kappa shape index (κ2) is 10.9. The molecular formula is C22H28N2O5S. The number of ether oxygens (including phenoxy) is 1. The van der Waals surface area contributed by atoms with Gasteiger partial charge in [-0.25, -0.2) is 13.1 Å². The standard InChI is InChI=1S/C22H28N2O5S/c1-4-17(3)23-30(27,28)20-13-11-19(12-14-20)22(26)24(16-21(25)29-5-2)15-18-9-7-6-8-10-18/h6-14,17,23H,4-5,15-16H2,1-3H3/t17-/m0/s1. The van der Waals surface area contributed by atoms with Gasteiger partial charge in [-0.05, 0) is 50.1 Å². The number of carbonyl (C=O) groups is 2. The summed E-state index contributed by atoms with van der Waals surface area (Å²) in [6.45, 7) is 5.63. The Morgan fingerprint density at radius 3 is 2.23 bits per heavy atom. The molecule has 0 saturated heterocycles. The third-order valence-electron chi connectivity index (χ3n) is 4.51. The molecule has 0 unspecified atom stereocenters. The summed E-state index contributed by atoms with van der Waals surface area (Å²) in [4.78, 5) is 26.5. The molecule has 2 aromatic carbocycles. The van der Waals surface area contributed by atoms with Crippen molar-refractivity contribution in [2.75, 3.05) is 13.2 Å². The molecule has 0 bridgehead atoms. The molecule has 1 N–H and O–H groups in total. The van der Waals surface area contributed by atoms with Crippen molar-refractivity contribution >= 4 is 21.9 Å². The minimum atomic E-state index is -3.66. The van der Waals surface area contributed by atoms with Gasteiger partial charge in [0, 0.05) is 18.2 Å². The molecule has 0 aromatic heterocycles. The maximum absolute atomic E-state index is 13.0. The lowest BCUT2D eigenvalue weighted by molar-refractivity contribution is -0.143. The van der Waals surface area contributed by atoms with Crippen molar-refractivity contribution in [3.63, 3.8) is 0 Å². The molecule has 0 aliphatic rings. The quantitative estimate of drug-likeness (QED) is 0.583. The summed E-state index contributed by atoms with van der Waals surface area (Å²) >= 11 is 0. The average molecular weight is 433 g/mol. The van der Waals surface area contributed by atoms with E-state index in [1.165, 1.54) is 29.2 Å². The van der Waals surface area contributed by atoms with E-state index in [-0.39, 0.29) is 42.1 Å². The molecule has 162 valence electrons. The van der Waals surface area contributed by atoms with E-state index < -0.39 is 16.0 Å². The smallest absolute Gasteiger partial charge is 0.325 e. The maximum atomic E-state index is 13.0. The van der Waals surface area contributed by atoms with E-state index in [1.54, 1.807) is 13.8 Å². The summed E-state index contributed by atoms with van der Waals surface area (Å²) < 4.78 is 32.4. The minimum absolute atomic E-state index is 0.0827. The highest BCUT2D eigenvalue weighted by molar-refractivity contribution is 7.89. The number of rotatable bonds is 10. The number of amides is 1. The van der Waals surface area contributed by atoms with E-state index in [2.05, 4.69) is 4.72 Å². The highest BCUT2D eigenvalue weighted by Gasteiger charge is 2.22. The van der Waals surface area contributed by atoms with Crippen molar-refractivity contribution in [3.8, 4) is 0 Å². The Kier molecular flexibility index (Phi) is 8.56. The molecule has 30 heavy (non-hydrogen) atoms. The van der Waals surface area contributed by atoms with Crippen molar-refractivity contribution in [1.29, 1.82) is 0 Å². The Morgan fingerprint density at radius 2 is 1.67 bits per heavy atom. The first-order valence-corrected chi connectivity index (χ1v) is 11.4. The maximum Gasteiger partial charge on any atom is 0.325 e. The van der Waals surface area contributed by atoms with Crippen molar-refractivity contribution in [2.24, 2.45) is 0 Å². The van der Waals surface area contributed by atoms with E-state index in [0.29, 0.717) is 6.42 Å². The number of esters is 1. The average Bonchev–Trinajstić information content (AvgIpc) is 2.73. The number of hydrogen-bond acceptors (Lipinski definition) is 5. The van der Waals surface area contributed by atoms with Gasteiger partial charge in [0.15, 0.2) is 0 Å². The van der Waals surface area contributed by atoms with Gasteiger partial charge >= 0.3 is 5.97 Å². The Hall–Kier alpha value is -2.71. The van der Waals surface area contributed by atoms with Crippen LogP contribution in [0, 0.1) is 0 Å². The van der Waals surface area contributed by atoms with Crippen LogP contribution in [0.5, 0.6) is 0 Å². The Balaban J connectivity index is 2.23. The monoisotopic (exact) mass is 432 g/mol. The zero-order valence-corrected chi connectivity index (χ0v) is 18.3. The molecule has 0 heterocycles. The molecule has 2 rings (SSSR count). The summed E-state index contributed by atoms with van der Waals surface area (Å²) in [6, 6.07) is 14.8. The summed E-state index contributed by atoms with van der Waals surface area (Å²) in [5.74, 6) is -0.885. The largest absolute Gasteiger partial charge is 0.465 e. The van der Waals surface area contributed by atoms with Crippen LogP contribution in [-0.4, -0.2) is 44.4 Å². The molecule has 0 saturated carbocycles. The molecular weight excluding hydrogens is 404 g/mol. The van der Waals surface area contributed by atoms with Gasteiger partial charge in [-0.15, -0.1) is 0 Å². The molecule has 0 radical (unpaired) electrons. The number of hydrogen-bond donors (Lipinski definition) is 1. The Labute approximate surface area is 178 Å². The normalized spacial score (nSPS) is 12.2. The zero-order valence-electron chi connectivity index (χ0n) is 17.5. The lowest BCUT2D eigenvalue weighted by atomic mass is 10.1. The molecule has 0 aliphatic heterocycles. The van der Waals surface area contributed by atoms with E-state index >= 15 is 0 Å². The van der Waals surface area contributed by atoms with Gasteiger partial charge in [0.05, 0.1) is 11.5 Å². The number of carbonyl (C=O) groups excluding carboxylic acids is 2. The number of sulfonamides is 1. The first-order chi connectivity index (χ1) is 14.3. The van der Waals surface area contributed by atoms with E-state index in [4.69, 9.17) is 4.74 Å². The van der Waals surface area contributed by atoms with Gasteiger partial charge in [-0.1, -0.05) is 37.3 Å². The van der Waals surface area contributed by atoms with E-state index in [0.717, 1.165) is 5.56 Å². The molecule has 2 aromatic rings. The van der Waals surface area contributed by atoms with Crippen LogP contribution in [0.2, 0.25) is 0 Å². The SMILES string of the molecule is CCOC(=O)CN(Cc1ccccc1)C(=O)c1ccc(S(=O)(=O)N[C@@H](C)CC)cc1. The fourth-order valence-electron chi connectivity index (χ4n) is 2.74. The van der Waals surface area contributed by atoms with Crippen LogP contribution in [0.15, 0.2) is 59.5 Å². The highest BCUT2D eigenvalue weighted by Crippen LogP contribution is 2.15. The van der Waals surface area contributed by atoms with E-state index in [1.807, 2.05) is 37.3 Å². The first kappa shape index (κ1) is 23.6. The summed E-state index contributed by atoms with van der Waals surface area (Å²) in [6.07, 6.45) is 0.665. The van der Waals surface area contributed by atoms with Gasteiger partial charge in [0.25, 0.3) is 5.91 Å². The van der Waals surface area contributed by atoms with Crippen LogP contribution in [0.1, 0.15) is 43.1 Å². The second-order valence-electron chi connectivity index (χ2n) is 6.91. The van der Waals surface area contributed by atoms with Crippen LogP contribution in [-0.2, 0) is 26.1 Å². The highest BCUT2D eigenvalue weighted by atomic mass is 32.2. The fourth-order valence-corrected chi connectivity index (χ4v) is 4.07. The van der Waals surface area contributed by atoms with Crippen LogP contribution in [0.4, 0.5) is 0 Å². The molecule has 7 nitrogen and oxygen atoms in total. The Morgan fingerprint density at radius 1 is 1.03 bits per heavy atom. The zero-order chi connectivity index (χ0) is 22.1. The van der Waals surface area contributed by atoms with Crippen molar-refractivity contribution < 1.29 is 22.7 Å². The summed E-state index contributed by atoms with van der Waals surface area (Å²) in [5.41, 5.74) is 1.16. The predicted octanol–water partition coefficient (Wildman–Crippen LogP) is 2.97. The van der Waals surface area contributed by atoms with Crippen molar-refractivity contribution in [1.82, 2.24) is 9.62 Å². The molecule has 1 amide bonds. The first-order valence-electron chi connectivity index (χ1n) is 9.88. The minimum Gasteiger partial charge on any atom is -0.465 e. The number of nitrogens with one attached hydrogen (secondary N) is 1. The van der Waals surface area contributed by atoms with Gasteiger partial charge in [-0.2, -0.15) is 0 Å². The fraction of sp³-hybridized carbons (Fsp3) is 0.364. The van der Waals surface area contributed by atoms with Crippen LogP contribution in [0.25, 0.3) is 0 Å². The molecule has 1 atom stereocenters. The number of benzene rings is 2. The third-order valence-corrected chi connectivity index (χ3v) is 6.11. The van der Waals surface area contributed by atoms with Gasteiger partial charge < -0.3 is 9.64 Å². The lowest BCUT2D eigenvalue weighted by Crippen LogP contribution is -2.36. The van der Waals surface area contributed by atoms with Crippen LogP contribution >= 0.6 is 0 Å². The predicted molar refractivity (Wildman–Crippen MR) is 114 cm³/mol. The van der Waals surface area contributed by atoms with Crippen LogP contribution in [0.3, 0.4) is 0 Å². The lowest BCUT2D eigenvalue weighted by Gasteiger charge is -2.22. The molecule has 0 spiro atoms. The van der Waals surface area contributed by atoms with E-state index in [9.17, 15) is 18.0 Å². The second-order valence-corrected chi connectivity index (χ2v) is 8.62. The topological polar surface area (TPSA) is 92.8 Å². The Bertz CT molecular complexity index is 943. The molecule has 8 heteroatoms. The van der Waals surface area contributed by atoms with Gasteiger partial charge in [0.2, 0.25) is 10.0 Å². The third kappa shape index (κ3) is 6.67. The summed E-state index contributed by atoms with van der Waals surface area (Å²) in [5, 5.41) is 0. The van der Waals surface area contributed by atoms with Crippen molar-refractivity contribution in [3.05, 3.63) is 65.7 Å².